The molecule has 2 aromatic heterocycles. The van der Waals surface area contributed by atoms with Crippen molar-refractivity contribution in [3.8, 4) is 17.0 Å². The molecule has 1 aromatic carbocycles. The van der Waals surface area contributed by atoms with Crippen LogP contribution in [0.1, 0.15) is 12.8 Å². The number of piperidine rings is 1. The van der Waals surface area contributed by atoms with E-state index in [1.165, 1.54) is 0 Å². The Labute approximate surface area is 156 Å². The van der Waals surface area contributed by atoms with Crippen molar-refractivity contribution in [2.45, 2.75) is 18.9 Å². The van der Waals surface area contributed by atoms with Crippen molar-refractivity contribution in [2.24, 2.45) is 0 Å². The summed E-state index contributed by atoms with van der Waals surface area (Å²) < 4.78 is 0. The zero-order valence-corrected chi connectivity index (χ0v) is 15.2. The normalized spacial score (nSPS) is 18.2. The molecular formula is C19H20ClN5O. The van der Waals surface area contributed by atoms with E-state index in [1.54, 1.807) is 30.6 Å². The molecule has 26 heavy (non-hydrogen) atoms. The van der Waals surface area contributed by atoms with Gasteiger partial charge in [0, 0.05) is 41.3 Å². The number of nitrogens with zero attached hydrogens (tertiary/aromatic N) is 4. The van der Waals surface area contributed by atoms with Crippen LogP contribution in [0.15, 0.2) is 36.7 Å². The van der Waals surface area contributed by atoms with Gasteiger partial charge in [0.2, 0.25) is 0 Å². The number of phenols is 1. The van der Waals surface area contributed by atoms with Gasteiger partial charge in [-0.25, -0.2) is 0 Å². The first-order chi connectivity index (χ1) is 12.6. The van der Waals surface area contributed by atoms with Crippen molar-refractivity contribution in [3.05, 3.63) is 41.7 Å². The van der Waals surface area contributed by atoms with E-state index in [0.717, 1.165) is 42.5 Å². The number of rotatable bonds is 3. The highest BCUT2D eigenvalue weighted by atomic mass is 35.5. The van der Waals surface area contributed by atoms with Gasteiger partial charge in [0.1, 0.15) is 11.4 Å². The molecule has 0 radical (unpaired) electrons. The van der Waals surface area contributed by atoms with Gasteiger partial charge in [-0.2, -0.15) is 0 Å². The number of phenolic OH excluding ortho intramolecular Hbond substituents is 1. The van der Waals surface area contributed by atoms with Crippen LogP contribution in [0.4, 0.5) is 5.82 Å². The molecule has 1 saturated heterocycles. The number of aromatic hydroxyl groups is 1. The maximum Gasteiger partial charge on any atom is 0.158 e. The van der Waals surface area contributed by atoms with Gasteiger partial charge in [-0.15, -0.1) is 10.2 Å². The molecule has 0 saturated carbocycles. The fourth-order valence-corrected chi connectivity index (χ4v) is 3.66. The summed E-state index contributed by atoms with van der Waals surface area (Å²) in [6, 6.07) is 7.44. The second-order valence-corrected chi connectivity index (χ2v) is 7.11. The number of likely N-dealkylation sites (tertiary alicyclic amines) is 1. The van der Waals surface area contributed by atoms with E-state index in [2.05, 4.69) is 32.4 Å². The average molecular weight is 370 g/mol. The van der Waals surface area contributed by atoms with E-state index in [0.29, 0.717) is 22.3 Å². The Balaban J connectivity index is 1.77. The summed E-state index contributed by atoms with van der Waals surface area (Å²) in [6.07, 6.45) is 5.76. The quantitative estimate of drug-likeness (QED) is 0.735. The first kappa shape index (κ1) is 17.0. The van der Waals surface area contributed by atoms with E-state index >= 15 is 0 Å². The highest BCUT2D eigenvalue weighted by Crippen LogP contribution is 2.38. The van der Waals surface area contributed by atoms with Crippen LogP contribution in [0, 0.1) is 0 Å². The summed E-state index contributed by atoms with van der Waals surface area (Å²) >= 11 is 6.06. The third-order valence-corrected chi connectivity index (χ3v) is 5.09. The number of para-hydroxylation sites is 1. The first-order valence-electron chi connectivity index (χ1n) is 8.67. The second kappa shape index (κ2) is 7.05. The molecule has 134 valence electrons. The number of nitrogens with one attached hydrogen (secondary N) is 1. The van der Waals surface area contributed by atoms with E-state index in [9.17, 15) is 5.11 Å². The van der Waals surface area contributed by atoms with Crippen molar-refractivity contribution < 1.29 is 5.11 Å². The topological polar surface area (TPSA) is 74.2 Å². The molecule has 0 unspecified atom stereocenters. The molecule has 6 nitrogen and oxygen atoms in total. The Bertz CT molecular complexity index is 948. The molecule has 0 aliphatic carbocycles. The Hall–Kier alpha value is -2.44. The summed E-state index contributed by atoms with van der Waals surface area (Å²) in [5, 5.41) is 24.7. The molecular weight excluding hydrogens is 350 g/mol. The molecule has 7 heteroatoms. The minimum atomic E-state index is 0.0104. The number of benzene rings is 1. The van der Waals surface area contributed by atoms with Crippen molar-refractivity contribution in [1.29, 1.82) is 0 Å². The monoisotopic (exact) mass is 369 g/mol. The molecule has 1 aliphatic heterocycles. The smallest absolute Gasteiger partial charge is 0.158 e. The highest BCUT2D eigenvalue weighted by molar-refractivity contribution is 6.32. The Morgan fingerprint density at radius 3 is 2.96 bits per heavy atom. The van der Waals surface area contributed by atoms with Gasteiger partial charge < -0.3 is 15.3 Å². The summed E-state index contributed by atoms with van der Waals surface area (Å²) in [5.74, 6) is 0.731. The standard InChI is InChI=1S/C19H20ClN5O/c1-25-9-3-4-12(11-25)22-19-15-10-21-8-7-13(15)17(23-24-19)14-5-2-6-16(20)18(14)26/h2,5-8,10,12,26H,3-4,9,11H2,1H3,(H,22,24)/t12-/m1/s1. The lowest BCUT2D eigenvalue weighted by Gasteiger charge is -2.30. The van der Waals surface area contributed by atoms with Gasteiger partial charge in [-0.3, -0.25) is 4.98 Å². The number of hydrogen-bond acceptors (Lipinski definition) is 6. The molecule has 0 amide bonds. The molecule has 2 N–H and O–H groups in total. The molecule has 4 rings (SSSR count). The molecule has 0 bridgehead atoms. The predicted octanol–water partition coefficient (Wildman–Crippen LogP) is 3.56. The van der Waals surface area contributed by atoms with Crippen molar-refractivity contribution >= 4 is 28.2 Å². The van der Waals surface area contributed by atoms with Crippen LogP contribution in [0.2, 0.25) is 5.02 Å². The molecule has 1 fully saturated rings. The zero-order valence-electron chi connectivity index (χ0n) is 14.5. The third-order valence-electron chi connectivity index (χ3n) is 4.79. The SMILES string of the molecule is CN1CCC[C@@H](Nc2nnc(-c3cccc(Cl)c3O)c3ccncc23)C1. The Kier molecular flexibility index (Phi) is 4.61. The van der Waals surface area contributed by atoms with Crippen LogP contribution >= 0.6 is 11.6 Å². The summed E-state index contributed by atoms with van der Waals surface area (Å²) in [5.41, 5.74) is 1.15. The number of fused-ring (bicyclic) bond motifs is 1. The fourth-order valence-electron chi connectivity index (χ4n) is 3.49. The second-order valence-electron chi connectivity index (χ2n) is 6.70. The van der Waals surface area contributed by atoms with E-state index in [4.69, 9.17) is 11.6 Å². The number of hydrogen-bond donors (Lipinski definition) is 2. The van der Waals surface area contributed by atoms with E-state index in [1.807, 2.05) is 6.07 Å². The third kappa shape index (κ3) is 3.18. The molecule has 3 aromatic rings. The van der Waals surface area contributed by atoms with E-state index in [-0.39, 0.29) is 5.75 Å². The molecule has 1 atom stereocenters. The van der Waals surface area contributed by atoms with Crippen molar-refractivity contribution in [2.75, 3.05) is 25.5 Å². The van der Waals surface area contributed by atoms with Crippen LogP contribution in [0.3, 0.4) is 0 Å². The summed E-state index contributed by atoms with van der Waals surface area (Å²) in [4.78, 5) is 6.56. The summed E-state index contributed by atoms with van der Waals surface area (Å²) in [6.45, 7) is 2.10. The number of halogens is 1. The number of aromatic nitrogens is 3. The average Bonchev–Trinajstić information content (AvgIpc) is 2.65. The van der Waals surface area contributed by atoms with Gasteiger partial charge in [-0.1, -0.05) is 17.7 Å². The minimum Gasteiger partial charge on any atom is -0.506 e. The first-order valence-corrected chi connectivity index (χ1v) is 9.04. The van der Waals surface area contributed by atoms with Gasteiger partial charge >= 0.3 is 0 Å². The predicted molar refractivity (Wildman–Crippen MR) is 104 cm³/mol. The fraction of sp³-hybridized carbons (Fsp3) is 0.316. The maximum absolute atomic E-state index is 10.3. The number of pyridine rings is 1. The van der Waals surface area contributed by atoms with Gasteiger partial charge in [0.15, 0.2) is 5.82 Å². The largest absolute Gasteiger partial charge is 0.506 e. The van der Waals surface area contributed by atoms with Crippen LogP contribution in [-0.2, 0) is 0 Å². The lowest BCUT2D eigenvalue weighted by atomic mass is 10.0. The van der Waals surface area contributed by atoms with Crippen molar-refractivity contribution in [3.63, 3.8) is 0 Å². The van der Waals surface area contributed by atoms with Crippen molar-refractivity contribution in [1.82, 2.24) is 20.1 Å². The lowest BCUT2D eigenvalue weighted by Crippen LogP contribution is -2.40. The number of anilines is 1. The van der Waals surface area contributed by atoms with Crippen LogP contribution in [0.5, 0.6) is 5.75 Å². The van der Waals surface area contributed by atoms with Crippen LogP contribution in [0.25, 0.3) is 22.0 Å². The Morgan fingerprint density at radius 1 is 1.23 bits per heavy atom. The summed E-state index contributed by atoms with van der Waals surface area (Å²) in [7, 11) is 2.13. The molecule has 1 aliphatic rings. The minimum absolute atomic E-state index is 0.0104. The zero-order chi connectivity index (χ0) is 18.1. The van der Waals surface area contributed by atoms with Gasteiger partial charge in [-0.05, 0) is 44.6 Å². The van der Waals surface area contributed by atoms with E-state index < -0.39 is 0 Å². The highest BCUT2D eigenvalue weighted by Gasteiger charge is 2.20. The maximum atomic E-state index is 10.3. The lowest BCUT2D eigenvalue weighted by molar-refractivity contribution is 0.261. The van der Waals surface area contributed by atoms with Gasteiger partial charge in [0.05, 0.1) is 5.02 Å². The molecule has 0 spiro atoms. The van der Waals surface area contributed by atoms with Crippen LogP contribution in [-0.4, -0.2) is 51.4 Å². The molecule has 3 heterocycles. The van der Waals surface area contributed by atoms with Crippen LogP contribution < -0.4 is 5.32 Å². The number of likely N-dealkylation sites (N-methyl/N-ethyl adjacent to an activating group) is 1. The Morgan fingerprint density at radius 2 is 2.12 bits per heavy atom. The van der Waals surface area contributed by atoms with Gasteiger partial charge in [0.25, 0.3) is 0 Å².